The van der Waals surface area contributed by atoms with Gasteiger partial charge in [-0.2, -0.15) is 0 Å². The number of hydrogen-bond acceptors (Lipinski definition) is 6. The van der Waals surface area contributed by atoms with Crippen molar-refractivity contribution < 1.29 is 29.0 Å². The van der Waals surface area contributed by atoms with Crippen molar-refractivity contribution in [2.24, 2.45) is 0 Å². The maximum atomic E-state index is 12.4. The number of ether oxygens (including phenoxy) is 2. The van der Waals surface area contributed by atoms with Crippen molar-refractivity contribution in [3.63, 3.8) is 0 Å². The first-order chi connectivity index (χ1) is 13.4. The molecule has 0 fully saturated rings. The molecule has 2 amide bonds. The first kappa shape index (κ1) is 21.0. The summed E-state index contributed by atoms with van der Waals surface area (Å²) in [5, 5.41) is 15.8. The number of aliphatic carboxylic acids is 1. The van der Waals surface area contributed by atoms with Crippen molar-refractivity contribution in [2.45, 2.75) is 13.8 Å². The second-order valence-electron chi connectivity index (χ2n) is 5.30. The SMILES string of the molecule is CCOc1cc(NC(=O)c2cccs2)c(OCC)cc1NC(=O)/C=C/C(=O)O. The van der Waals surface area contributed by atoms with E-state index in [1.807, 2.05) is 0 Å². The van der Waals surface area contributed by atoms with Crippen LogP contribution in [0.4, 0.5) is 11.4 Å². The Labute approximate surface area is 165 Å². The first-order valence-electron chi connectivity index (χ1n) is 8.45. The lowest BCUT2D eigenvalue weighted by Crippen LogP contribution is -2.14. The summed E-state index contributed by atoms with van der Waals surface area (Å²) >= 11 is 1.31. The van der Waals surface area contributed by atoms with Gasteiger partial charge in [0.25, 0.3) is 5.91 Å². The van der Waals surface area contributed by atoms with Gasteiger partial charge in [0.2, 0.25) is 5.91 Å². The van der Waals surface area contributed by atoms with Gasteiger partial charge >= 0.3 is 5.97 Å². The maximum Gasteiger partial charge on any atom is 0.328 e. The van der Waals surface area contributed by atoms with E-state index >= 15 is 0 Å². The number of amides is 2. The molecule has 28 heavy (non-hydrogen) atoms. The molecule has 2 rings (SSSR count). The van der Waals surface area contributed by atoms with E-state index in [4.69, 9.17) is 14.6 Å². The van der Waals surface area contributed by atoms with Crippen LogP contribution >= 0.6 is 11.3 Å². The number of nitrogens with one attached hydrogen (secondary N) is 2. The van der Waals surface area contributed by atoms with Gasteiger partial charge < -0.3 is 25.2 Å². The highest BCUT2D eigenvalue weighted by Gasteiger charge is 2.17. The topological polar surface area (TPSA) is 114 Å². The zero-order valence-electron chi connectivity index (χ0n) is 15.4. The number of hydrogen-bond donors (Lipinski definition) is 3. The Balaban J connectivity index is 2.35. The molecule has 1 aromatic carbocycles. The van der Waals surface area contributed by atoms with Crippen LogP contribution in [0.15, 0.2) is 41.8 Å². The van der Waals surface area contributed by atoms with Gasteiger partial charge in [-0.1, -0.05) is 6.07 Å². The zero-order valence-corrected chi connectivity index (χ0v) is 16.2. The number of carboxylic acids is 1. The third-order valence-electron chi connectivity index (χ3n) is 3.31. The molecule has 0 radical (unpaired) electrons. The molecule has 8 nitrogen and oxygen atoms in total. The minimum atomic E-state index is -1.23. The van der Waals surface area contributed by atoms with Crippen molar-refractivity contribution in [2.75, 3.05) is 23.8 Å². The van der Waals surface area contributed by atoms with E-state index in [2.05, 4.69) is 10.6 Å². The Kier molecular flexibility index (Phi) is 7.58. The fourth-order valence-corrected chi connectivity index (χ4v) is 2.84. The summed E-state index contributed by atoms with van der Waals surface area (Å²) in [4.78, 5) is 35.4. The fourth-order valence-electron chi connectivity index (χ4n) is 2.22. The van der Waals surface area contributed by atoms with Crippen molar-refractivity contribution in [3.8, 4) is 11.5 Å². The van der Waals surface area contributed by atoms with E-state index in [1.54, 1.807) is 37.4 Å². The fraction of sp³-hybridized carbons (Fsp3) is 0.211. The van der Waals surface area contributed by atoms with Crippen molar-refractivity contribution in [1.82, 2.24) is 0 Å². The van der Waals surface area contributed by atoms with Crippen LogP contribution < -0.4 is 20.1 Å². The van der Waals surface area contributed by atoms with Gasteiger partial charge in [0.15, 0.2) is 0 Å². The highest BCUT2D eigenvalue weighted by atomic mass is 32.1. The summed E-state index contributed by atoms with van der Waals surface area (Å²) in [5.41, 5.74) is 0.683. The normalized spacial score (nSPS) is 10.5. The first-order valence-corrected chi connectivity index (χ1v) is 9.33. The molecule has 0 spiro atoms. The summed E-state index contributed by atoms with van der Waals surface area (Å²) in [6, 6.07) is 6.55. The molecule has 3 N–H and O–H groups in total. The molecule has 0 bridgehead atoms. The molecule has 0 atom stereocenters. The van der Waals surface area contributed by atoms with Gasteiger partial charge in [0.1, 0.15) is 11.5 Å². The third-order valence-corrected chi connectivity index (χ3v) is 4.18. The van der Waals surface area contributed by atoms with Gasteiger partial charge in [-0.25, -0.2) is 4.79 Å². The Morgan fingerprint density at radius 2 is 1.64 bits per heavy atom. The number of carbonyl (C=O) groups excluding carboxylic acids is 2. The monoisotopic (exact) mass is 404 g/mol. The molecule has 0 saturated carbocycles. The number of carbonyl (C=O) groups is 3. The summed E-state index contributed by atoms with van der Waals surface area (Å²) in [6.45, 7) is 4.22. The molecule has 9 heteroatoms. The van der Waals surface area contributed by atoms with E-state index in [-0.39, 0.29) is 5.91 Å². The Hall–Kier alpha value is -3.33. The Morgan fingerprint density at radius 3 is 2.14 bits per heavy atom. The quantitative estimate of drug-likeness (QED) is 0.552. The average Bonchev–Trinajstić information content (AvgIpc) is 3.18. The smallest absolute Gasteiger partial charge is 0.328 e. The summed E-state index contributed by atoms with van der Waals surface area (Å²) < 4.78 is 11.1. The molecule has 2 aromatic rings. The van der Waals surface area contributed by atoms with Crippen LogP contribution in [0.3, 0.4) is 0 Å². The summed E-state index contributed by atoms with van der Waals surface area (Å²) in [7, 11) is 0. The van der Waals surface area contributed by atoms with Crippen LogP contribution in [-0.2, 0) is 9.59 Å². The number of carboxylic acid groups (broad SMARTS) is 1. The van der Waals surface area contributed by atoms with Gasteiger partial charge in [-0.05, 0) is 25.3 Å². The molecule has 1 heterocycles. The van der Waals surface area contributed by atoms with Crippen molar-refractivity contribution in [1.29, 1.82) is 0 Å². The Bertz CT molecular complexity index is 877. The van der Waals surface area contributed by atoms with Crippen LogP contribution in [0.2, 0.25) is 0 Å². The minimum Gasteiger partial charge on any atom is -0.492 e. The lowest BCUT2D eigenvalue weighted by Gasteiger charge is -2.17. The van der Waals surface area contributed by atoms with Crippen LogP contribution in [0.1, 0.15) is 23.5 Å². The molecule has 0 saturated heterocycles. The highest BCUT2D eigenvalue weighted by molar-refractivity contribution is 7.12. The van der Waals surface area contributed by atoms with Gasteiger partial charge in [-0.3, -0.25) is 9.59 Å². The summed E-state index contributed by atoms with van der Waals surface area (Å²) in [5.74, 6) is -1.51. The second-order valence-corrected chi connectivity index (χ2v) is 6.25. The maximum absolute atomic E-state index is 12.4. The van der Waals surface area contributed by atoms with Crippen LogP contribution in [0.25, 0.3) is 0 Å². The molecular formula is C19H20N2O6S. The van der Waals surface area contributed by atoms with Gasteiger partial charge in [0, 0.05) is 24.3 Å². The van der Waals surface area contributed by atoms with Gasteiger partial charge in [-0.15, -0.1) is 11.3 Å². The van der Waals surface area contributed by atoms with Crippen molar-refractivity contribution in [3.05, 3.63) is 46.7 Å². The van der Waals surface area contributed by atoms with E-state index in [0.29, 0.717) is 41.0 Å². The van der Waals surface area contributed by atoms with E-state index in [9.17, 15) is 14.4 Å². The van der Waals surface area contributed by atoms with Crippen LogP contribution in [0.5, 0.6) is 11.5 Å². The average molecular weight is 404 g/mol. The standard InChI is InChI=1S/C19H20N2O6S/c1-3-26-14-11-13(21-19(25)16-6-5-9-28-16)15(27-4-2)10-12(14)20-17(22)7-8-18(23)24/h5-11H,3-4H2,1-2H3,(H,20,22)(H,21,25)(H,23,24)/b8-7+. The lowest BCUT2D eigenvalue weighted by atomic mass is 10.2. The van der Waals surface area contributed by atoms with E-state index in [1.165, 1.54) is 17.4 Å². The number of rotatable bonds is 9. The molecule has 0 aliphatic carbocycles. The Morgan fingerprint density at radius 1 is 1.04 bits per heavy atom. The second kappa shape index (κ2) is 10.1. The van der Waals surface area contributed by atoms with Gasteiger partial charge in [0.05, 0.1) is 29.5 Å². The zero-order chi connectivity index (χ0) is 20.5. The number of thiophene rings is 1. The molecule has 0 unspecified atom stereocenters. The summed E-state index contributed by atoms with van der Waals surface area (Å²) in [6.07, 6.45) is 1.62. The lowest BCUT2D eigenvalue weighted by molar-refractivity contribution is -0.131. The molecule has 0 aliphatic rings. The largest absolute Gasteiger partial charge is 0.492 e. The van der Waals surface area contributed by atoms with Crippen molar-refractivity contribution >= 4 is 40.5 Å². The minimum absolute atomic E-state index is 0.291. The molecule has 148 valence electrons. The predicted molar refractivity (Wildman–Crippen MR) is 106 cm³/mol. The third kappa shape index (κ3) is 5.85. The number of anilines is 2. The highest BCUT2D eigenvalue weighted by Crippen LogP contribution is 2.37. The molecular weight excluding hydrogens is 384 g/mol. The predicted octanol–water partition coefficient (Wildman–Crippen LogP) is 3.38. The van der Waals surface area contributed by atoms with E-state index in [0.717, 1.165) is 12.2 Å². The molecule has 0 aliphatic heterocycles. The van der Waals surface area contributed by atoms with Crippen LogP contribution in [-0.4, -0.2) is 36.1 Å². The molecule has 1 aromatic heterocycles. The van der Waals surface area contributed by atoms with E-state index < -0.39 is 11.9 Å². The number of benzene rings is 1. The van der Waals surface area contributed by atoms with Crippen LogP contribution in [0, 0.1) is 0 Å².